The molecule has 1 saturated carbocycles. The second-order valence-corrected chi connectivity index (χ2v) is 4.24. The minimum atomic E-state index is -0.504. The van der Waals surface area contributed by atoms with Crippen molar-refractivity contribution in [3.8, 4) is 0 Å². The predicted octanol–water partition coefficient (Wildman–Crippen LogP) is 1.34. The van der Waals surface area contributed by atoms with Crippen molar-refractivity contribution in [2.24, 2.45) is 5.92 Å². The number of rotatable bonds is 4. The zero-order chi connectivity index (χ0) is 11.3. The molecule has 0 bridgehead atoms. The molecule has 4 heteroatoms. The summed E-state index contributed by atoms with van der Waals surface area (Å²) >= 11 is 0. The van der Waals surface area contributed by atoms with Gasteiger partial charge in [0.25, 0.3) is 0 Å². The van der Waals surface area contributed by atoms with E-state index in [9.17, 15) is 9.90 Å². The van der Waals surface area contributed by atoms with Crippen LogP contribution in [0.4, 0.5) is 0 Å². The number of nitrogens with zero attached hydrogens (tertiary/aromatic N) is 1. The molecule has 0 aromatic carbocycles. The van der Waals surface area contributed by atoms with Crippen molar-refractivity contribution in [3.05, 3.63) is 0 Å². The molecule has 1 aliphatic rings. The second-order valence-electron chi connectivity index (χ2n) is 4.24. The highest BCUT2D eigenvalue weighted by atomic mass is 16.7. The highest BCUT2D eigenvalue weighted by Crippen LogP contribution is 2.27. The molecule has 1 fully saturated rings. The fraction of sp³-hybridized carbons (Fsp3) is 0.909. The van der Waals surface area contributed by atoms with Gasteiger partial charge in [-0.2, -0.15) is 0 Å². The van der Waals surface area contributed by atoms with Gasteiger partial charge in [0, 0.05) is 7.05 Å². The third-order valence-electron chi connectivity index (χ3n) is 3.20. The van der Waals surface area contributed by atoms with E-state index < -0.39 is 6.10 Å². The number of aliphatic hydroxyl groups is 1. The first kappa shape index (κ1) is 12.5. The highest BCUT2D eigenvalue weighted by Gasteiger charge is 2.24. The van der Waals surface area contributed by atoms with E-state index in [1.165, 1.54) is 31.4 Å². The molecule has 1 N–H and O–H groups in total. The number of hydroxylamine groups is 2. The molecule has 0 heterocycles. The SMILES string of the molecule is CON(C)C(=O)C[C@H](O)C1CCCCC1. The van der Waals surface area contributed by atoms with Crippen LogP contribution in [0.5, 0.6) is 0 Å². The Morgan fingerprint density at radius 3 is 2.60 bits per heavy atom. The molecular formula is C11H21NO3. The van der Waals surface area contributed by atoms with Gasteiger partial charge < -0.3 is 5.11 Å². The topological polar surface area (TPSA) is 49.8 Å². The fourth-order valence-electron chi connectivity index (χ4n) is 2.09. The Balaban J connectivity index is 2.33. The normalized spacial score (nSPS) is 19.9. The van der Waals surface area contributed by atoms with Crippen molar-refractivity contribution < 1.29 is 14.7 Å². The van der Waals surface area contributed by atoms with E-state index in [0.29, 0.717) is 5.92 Å². The average Bonchev–Trinajstić information content (AvgIpc) is 2.29. The minimum Gasteiger partial charge on any atom is -0.392 e. The summed E-state index contributed by atoms with van der Waals surface area (Å²) < 4.78 is 0. The van der Waals surface area contributed by atoms with E-state index in [-0.39, 0.29) is 12.3 Å². The summed E-state index contributed by atoms with van der Waals surface area (Å²) in [4.78, 5) is 16.2. The van der Waals surface area contributed by atoms with Crippen LogP contribution in [0.1, 0.15) is 38.5 Å². The Hall–Kier alpha value is -0.610. The van der Waals surface area contributed by atoms with Crippen molar-refractivity contribution in [3.63, 3.8) is 0 Å². The first-order chi connectivity index (χ1) is 7.15. The van der Waals surface area contributed by atoms with Crippen LogP contribution in [0, 0.1) is 5.92 Å². The highest BCUT2D eigenvalue weighted by molar-refractivity contribution is 5.75. The minimum absolute atomic E-state index is 0.157. The van der Waals surface area contributed by atoms with Gasteiger partial charge in [-0.25, -0.2) is 5.06 Å². The summed E-state index contributed by atoms with van der Waals surface area (Å²) in [7, 11) is 3.01. The summed E-state index contributed by atoms with van der Waals surface area (Å²) in [5.74, 6) is 0.142. The molecule has 1 atom stereocenters. The first-order valence-electron chi connectivity index (χ1n) is 5.64. The maximum absolute atomic E-state index is 11.5. The molecule has 0 saturated heterocycles. The summed E-state index contributed by atoms with van der Waals surface area (Å²) in [6.07, 6.45) is 5.38. The molecule has 1 aliphatic carbocycles. The van der Waals surface area contributed by atoms with E-state index in [0.717, 1.165) is 12.8 Å². The lowest BCUT2D eigenvalue weighted by Gasteiger charge is -2.27. The molecule has 0 aliphatic heterocycles. The summed E-state index contributed by atoms with van der Waals surface area (Å²) in [5.41, 5.74) is 0. The standard InChI is InChI=1S/C11H21NO3/c1-12(15-2)11(14)8-10(13)9-6-4-3-5-7-9/h9-10,13H,3-8H2,1-2H3/t10-/m0/s1. The Labute approximate surface area is 91.2 Å². The number of carbonyl (C=O) groups is 1. The van der Waals surface area contributed by atoms with Gasteiger partial charge in [0.05, 0.1) is 19.6 Å². The third kappa shape index (κ3) is 3.80. The van der Waals surface area contributed by atoms with Crippen LogP contribution in [0.2, 0.25) is 0 Å². The van der Waals surface area contributed by atoms with Crippen LogP contribution in [-0.4, -0.2) is 36.3 Å². The Kier molecular flexibility index (Phi) is 5.05. The van der Waals surface area contributed by atoms with Gasteiger partial charge in [-0.3, -0.25) is 9.63 Å². The van der Waals surface area contributed by atoms with Crippen molar-refractivity contribution in [1.82, 2.24) is 5.06 Å². The summed E-state index contributed by atoms with van der Waals surface area (Å²) in [5, 5.41) is 11.1. The molecule has 0 spiro atoms. The van der Waals surface area contributed by atoms with E-state index in [1.54, 1.807) is 7.05 Å². The number of hydrogen-bond acceptors (Lipinski definition) is 3. The smallest absolute Gasteiger partial charge is 0.248 e. The molecular weight excluding hydrogens is 194 g/mol. The van der Waals surface area contributed by atoms with Gasteiger partial charge in [0.15, 0.2) is 0 Å². The van der Waals surface area contributed by atoms with Crippen LogP contribution < -0.4 is 0 Å². The zero-order valence-corrected chi connectivity index (χ0v) is 9.61. The second kappa shape index (κ2) is 6.08. The number of carbonyl (C=O) groups excluding carboxylic acids is 1. The van der Waals surface area contributed by atoms with Crippen molar-refractivity contribution in [2.75, 3.05) is 14.2 Å². The lowest BCUT2D eigenvalue weighted by molar-refractivity contribution is -0.171. The molecule has 15 heavy (non-hydrogen) atoms. The first-order valence-corrected chi connectivity index (χ1v) is 5.64. The number of amides is 1. The van der Waals surface area contributed by atoms with E-state index in [1.807, 2.05) is 0 Å². The Bertz CT molecular complexity index is 202. The maximum Gasteiger partial charge on any atom is 0.248 e. The summed E-state index contributed by atoms with van der Waals surface area (Å²) in [6, 6.07) is 0. The van der Waals surface area contributed by atoms with E-state index in [4.69, 9.17) is 4.84 Å². The molecule has 88 valence electrons. The van der Waals surface area contributed by atoms with Crippen molar-refractivity contribution in [1.29, 1.82) is 0 Å². The van der Waals surface area contributed by atoms with Crippen molar-refractivity contribution in [2.45, 2.75) is 44.6 Å². The van der Waals surface area contributed by atoms with Crippen LogP contribution >= 0.6 is 0 Å². The zero-order valence-electron chi connectivity index (χ0n) is 9.61. The molecule has 4 nitrogen and oxygen atoms in total. The fourth-order valence-corrected chi connectivity index (χ4v) is 2.09. The van der Waals surface area contributed by atoms with Gasteiger partial charge in [0.1, 0.15) is 0 Å². The van der Waals surface area contributed by atoms with Crippen LogP contribution in [0.25, 0.3) is 0 Å². The van der Waals surface area contributed by atoms with E-state index >= 15 is 0 Å². The van der Waals surface area contributed by atoms with Gasteiger partial charge in [-0.15, -0.1) is 0 Å². The van der Waals surface area contributed by atoms with E-state index in [2.05, 4.69) is 0 Å². The van der Waals surface area contributed by atoms with Crippen molar-refractivity contribution >= 4 is 5.91 Å². The van der Waals surface area contributed by atoms with Crippen LogP contribution in [0.15, 0.2) is 0 Å². The lowest BCUT2D eigenvalue weighted by atomic mass is 9.84. The maximum atomic E-state index is 11.5. The van der Waals surface area contributed by atoms with Crippen LogP contribution in [0.3, 0.4) is 0 Å². The molecule has 1 rings (SSSR count). The summed E-state index contributed by atoms with van der Waals surface area (Å²) in [6.45, 7) is 0. The van der Waals surface area contributed by atoms with Crippen LogP contribution in [-0.2, 0) is 9.63 Å². The van der Waals surface area contributed by atoms with Gasteiger partial charge in [-0.05, 0) is 18.8 Å². The van der Waals surface area contributed by atoms with Gasteiger partial charge in [0.2, 0.25) is 5.91 Å². The lowest BCUT2D eigenvalue weighted by Crippen LogP contribution is -2.32. The molecule has 0 unspecified atom stereocenters. The average molecular weight is 215 g/mol. The largest absolute Gasteiger partial charge is 0.392 e. The number of aliphatic hydroxyl groups excluding tert-OH is 1. The predicted molar refractivity (Wildman–Crippen MR) is 57.0 cm³/mol. The quantitative estimate of drug-likeness (QED) is 0.720. The molecule has 0 aromatic rings. The number of hydrogen-bond donors (Lipinski definition) is 1. The Morgan fingerprint density at radius 1 is 1.47 bits per heavy atom. The van der Waals surface area contributed by atoms with Gasteiger partial charge >= 0.3 is 0 Å². The third-order valence-corrected chi connectivity index (χ3v) is 3.20. The molecule has 0 aromatic heterocycles. The Morgan fingerprint density at radius 2 is 2.07 bits per heavy atom. The molecule has 0 radical (unpaired) electrons. The molecule has 1 amide bonds. The van der Waals surface area contributed by atoms with Gasteiger partial charge in [-0.1, -0.05) is 19.3 Å². The monoisotopic (exact) mass is 215 g/mol.